The first-order chi connectivity index (χ1) is 13.1. The number of piperazine rings is 1. The number of rotatable bonds is 4. The van der Waals surface area contributed by atoms with Crippen LogP contribution < -0.4 is 9.64 Å². The highest BCUT2D eigenvalue weighted by atomic mass is 16.5. The van der Waals surface area contributed by atoms with Crippen LogP contribution in [-0.4, -0.2) is 53.1 Å². The summed E-state index contributed by atoms with van der Waals surface area (Å²) >= 11 is 0. The maximum Gasteiger partial charge on any atom is 0.226 e. The quantitative estimate of drug-likeness (QED) is 0.710. The lowest BCUT2D eigenvalue weighted by Gasteiger charge is -2.34. The van der Waals surface area contributed by atoms with Gasteiger partial charge in [-0.3, -0.25) is 9.88 Å². The zero-order valence-corrected chi connectivity index (χ0v) is 16.1. The molecule has 6 nitrogen and oxygen atoms in total. The zero-order valence-electron chi connectivity index (χ0n) is 16.1. The van der Waals surface area contributed by atoms with Crippen molar-refractivity contribution in [2.24, 2.45) is 0 Å². The first-order valence-corrected chi connectivity index (χ1v) is 9.34. The van der Waals surface area contributed by atoms with Crippen LogP contribution in [0.4, 0.5) is 5.95 Å². The van der Waals surface area contributed by atoms with Crippen molar-refractivity contribution in [3.8, 4) is 5.75 Å². The Morgan fingerprint density at radius 3 is 2.59 bits per heavy atom. The molecule has 0 unspecified atom stereocenters. The second-order valence-electron chi connectivity index (χ2n) is 7.02. The third kappa shape index (κ3) is 3.71. The molecule has 1 saturated heterocycles. The van der Waals surface area contributed by atoms with Crippen LogP contribution in [0.1, 0.15) is 17.0 Å². The third-order valence-electron chi connectivity index (χ3n) is 5.23. The van der Waals surface area contributed by atoms with Gasteiger partial charge < -0.3 is 9.64 Å². The van der Waals surface area contributed by atoms with Gasteiger partial charge in [-0.05, 0) is 37.6 Å². The Balaban J connectivity index is 1.48. The van der Waals surface area contributed by atoms with Crippen molar-refractivity contribution in [2.45, 2.75) is 20.4 Å². The third-order valence-corrected chi connectivity index (χ3v) is 5.23. The fourth-order valence-electron chi connectivity index (χ4n) is 3.52. The minimum Gasteiger partial charge on any atom is -0.497 e. The molecule has 2 aromatic heterocycles. The van der Waals surface area contributed by atoms with Crippen molar-refractivity contribution < 1.29 is 4.74 Å². The molecule has 3 heterocycles. The summed E-state index contributed by atoms with van der Waals surface area (Å²) in [5.41, 5.74) is 4.35. The molecule has 0 amide bonds. The topological polar surface area (TPSA) is 54.4 Å². The average Bonchev–Trinajstić information content (AvgIpc) is 2.70. The highest BCUT2D eigenvalue weighted by molar-refractivity contribution is 5.83. The van der Waals surface area contributed by atoms with Gasteiger partial charge in [-0.2, -0.15) is 0 Å². The van der Waals surface area contributed by atoms with Crippen molar-refractivity contribution in [1.29, 1.82) is 0 Å². The predicted molar refractivity (Wildman–Crippen MR) is 107 cm³/mol. The lowest BCUT2D eigenvalue weighted by atomic mass is 10.2. The van der Waals surface area contributed by atoms with Gasteiger partial charge in [0.15, 0.2) is 0 Å². The summed E-state index contributed by atoms with van der Waals surface area (Å²) in [6.07, 6.45) is 1.87. The first-order valence-electron chi connectivity index (χ1n) is 9.34. The van der Waals surface area contributed by atoms with Crippen LogP contribution in [0.3, 0.4) is 0 Å². The number of methoxy groups -OCH3 is 1. The second kappa shape index (κ2) is 7.48. The number of aryl methyl sites for hydroxylation is 2. The zero-order chi connectivity index (χ0) is 18.8. The number of ether oxygens (including phenoxy) is 1. The molecule has 3 aromatic rings. The van der Waals surface area contributed by atoms with Gasteiger partial charge in [0.25, 0.3) is 0 Å². The van der Waals surface area contributed by atoms with Crippen LogP contribution in [0.15, 0.2) is 36.5 Å². The van der Waals surface area contributed by atoms with Gasteiger partial charge >= 0.3 is 0 Å². The number of benzene rings is 1. The molecule has 4 rings (SSSR count). The van der Waals surface area contributed by atoms with E-state index in [0.717, 1.165) is 66.7 Å². The van der Waals surface area contributed by atoms with E-state index >= 15 is 0 Å². The van der Waals surface area contributed by atoms with Gasteiger partial charge in [-0.25, -0.2) is 9.97 Å². The molecule has 0 N–H and O–H groups in total. The molecular formula is C21H25N5O. The number of aromatic nitrogens is 3. The van der Waals surface area contributed by atoms with E-state index in [-0.39, 0.29) is 0 Å². The van der Waals surface area contributed by atoms with E-state index in [1.54, 1.807) is 7.11 Å². The van der Waals surface area contributed by atoms with Crippen LogP contribution in [0.2, 0.25) is 0 Å². The molecule has 140 valence electrons. The van der Waals surface area contributed by atoms with E-state index in [0.29, 0.717) is 0 Å². The summed E-state index contributed by atoms with van der Waals surface area (Å²) in [5, 5.41) is 1.07. The van der Waals surface area contributed by atoms with Crippen LogP contribution in [0.25, 0.3) is 10.9 Å². The van der Waals surface area contributed by atoms with Gasteiger partial charge in [0.1, 0.15) is 5.75 Å². The van der Waals surface area contributed by atoms with Crippen molar-refractivity contribution in [3.63, 3.8) is 0 Å². The lowest BCUT2D eigenvalue weighted by molar-refractivity contribution is 0.245. The second-order valence-corrected chi connectivity index (χ2v) is 7.02. The van der Waals surface area contributed by atoms with E-state index in [1.165, 1.54) is 5.56 Å². The maximum atomic E-state index is 5.34. The molecule has 1 aliphatic rings. The van der Waals surface area contributed by atoms with Crippen LogP contribution >= 0.6 is 0 Å². The van der Waals surface area contributed by atoms with Crippen molar-refractivity contribution in [3.05, 3.63) is 53.5 Å². The molecule has 0 aliphatic carbocycles. The Hall–Kier alpha value is -2.73. The van der Waals surface area contributed by atoms with E-state index in [1.807, 2.05) is 37.4 Å². The molecule has 1 aromatic carbocycles. The minimum atomic E-state index is 0.807. The van der Waals surface area contributed by atoms with Gasteiger partial charge in [-0.1, -0.05) is 6.07 Å². The van der Waals surface area contributed by atoms with Gasteiger partial charge in [0.2, 0.25) is 5.95 Å². The Bertz CT molecular complexity index is 950. The Morgan fingerprint density at radius 1 is 1.04 bits per heavy atom. The van der Waals surface area contributed by atoms with E-state index < -0.39 is 0 Å². The molecule has 1 fully saturated rings. The van der Waals surface area contributed by atoms with Crippen LogP contribution in [0, 0.1) is 13.8 Å². The van der Waals surface area contributed by atoms with E-state index in [2.05, 4.69) is 27.8 Å². The molecule has 1 aliphatic heterocycles. The summed E-state index contributed by atoms with van der Waals surface area (Å²) in [7, 11) is 1.68. The highest BCUT2D eigenvalue weighted by Gasteiger charge is 2.20. The minimum absolute atomic E-state index is 0.807. The van der Waals surface area contributed by atoms with Crippen molar-refractivity contribution >= 4 is 16.9 Å². The smallest absolute Gasteiger partial charge is 0.226 e. The predicted octanol–water partition coefficient (Wildman–Crippen LogP) is 2.97. The fourth-order valence-corrected chi connectivity index (χ4v) is 3.52. The Morgan fingerprint density at radius 2 is 1.85 bits per heavy atom. The number of pyridine rings is 1. The monoisotopic (exact) mass is 363 g/mol. The number of anilines is 1. The summed E-state index contributed by atoms with van der Waals surface area (Å²) in [6, 6.07) is 10.1. The summed E-state index contributed by atoms with van der Waals surface area (Å²) in [5.74, 6) is 1.63. The van der Waals surface area contributed by atoms with E-state index in [9.17, 15) is 0 Å². The average molecular weight is 363 g/mol. The van der Waals surface area contributed by atoms with Gasteiger partial charge in [-0.15, -0.1) is 0 Å². The Kier molecular flexibility index (Phi) is 4.90. The number of hydrogen-bond acceptors (Lipinski definition) is 6. The summed E-state index contributed by atoms with van der Waals surface area (Å²) in [6.45, 7) is 8.86. The van der Waals surface area contributed by atoms with Crippen molar-refractivity contribution in [1.82, 2.24) is 19.9 Å². The molecule has 0 radical (unpaired) electrons. The van der Waals surface area contributed by atoms with Crippen LogP contribution in [-0.2, 0) is 6.54 Å². The normalized spacial score (nSPS) is 15.3. The largest absolute Gasteiger partial charge is 0.497 e. The molecule has 0 bridgehead atoms. The summed E-state index contributed by atoms with van der Waals surface area (Å²) < 4.78 is 5.34. The number of nitrogens with zero attached hydrogens (tertiary/aromatic N) is 5. The number of hydrogen-bond donors (Lipinski definition) is 0. The highest BCUT2D eigenvalue weighted by Crippen LogP contribution is 2.24. The van der Waals surface area contributed by atoms with Crippen LogP contribution in [0.5, 0.6) is 5.75 Å². The standard InChI is InChI=1S/C21H25N5O/c1-15-5-4-8-22-20(15)14-25-9-11-26(12-10-25)21-23-16(2)18-7-6-17(27-3)13-19(18)24-21/h4-8,13H,9-12,14H2,1-3H3. The van der Waals surface area contributed by atoms with Crippen molar-refractivity contribution in [2.75, 3.05) is 38.2 Å². The molecular weight excluding hydrogens is 338 g/mol. The number of fused-ring (bicyclic) bond motifs is 1. The van der Waals surface area contributed by atoms with Gasteiger partial charge in [0.05, 0.1) is 24.0 Å². The Labute approximate surface area is 159 Å². The molecule has 6 heteroatoms. The molecule has 0 atom stereocenters. The fraction of sp³-hybridized carbons (Fsp3) is 0.381. The molecule has 27 heavy (non-hydrogen) atoms. The summed E-state index contributed by atoms with van der Waals surface area (Å²) in [4.78, 5) is 18.8. The van der Waals surface area contributed by atoms with Gasteiger partial charge in [0, 0.05) is 50.4 Å². The molecule has 0 saturated carbocycles. The molecule has 0 spiro atoms. The lowest BCUT2D eigenvalue weighted by Crippen LogP contribution is -2.46. The SMILES string of the molecule is COc1ccc2c(C)nc(N3CCN(Cc4ncccc4C)CC3)nc2c1. The maximum absolute atomic E-state index is 5.34. The van der Waals surface area contributed by atoms with E-state index in [4.69, 9.17) is 14.7 Å². The first kappa shape index (κ1) is 17.7.